The van der Waals surface area contributed by atoms with Gasteiger partial charge in [-0.3, -0.25) is 9.69 Å². The molecule has 0 fully saturated rings. The molecule has 0 saturated carbocycles. The molecule has 1 N–H and O–H groups in total. The first-order valence-electron chi connectivity index (χ1n) is 9.45. The summed E-state index contributed by atoms with van der Waals surface area (Å²) in [5.41, 5.74) is 2.11. The minimum absolute atomic E-state index is 0.206. The SMILES string of the molecule is CCSc1cccc(C(=O)Nc2sc3c(c2C(=O)OC)CCN(C(C)C)C3)c1. The molecule has 0 saturated heterocycles. The molecule has 0 spiro atoms. The van der Waals surface area contributed by atoms with Gasteiger partial charge in [0.25, 0.3) is 5.91 Å². The van der Waals surface area contributed by atoms with E-state index in [0.717, 1.165) is 40.6 Å². The summed E-state index contributed by atoms with van der Waals surface area (Å²) in [4.78, 5) is 29.9. The second-order valence-corrected chi connectivity index (χ2v) is 9.37. The number of benzene rings is 1. The first-order valence-corrected chi connectivity index (χ1v) is 11.3. The second kappa shape index (κ2) is 9.11. The van der Waals surface area contributed by atoms with E-state index in [1.807, 2.05) is 18.2 Å². The van der Waals surface area contributed by atoms with E-state index in [4.69, 9.17) is 4.74 Å². The van der Waals surface area contributed by atoms with E-state index in [0.29, 0.717) is 22.2 Å². The average molecular weight is 419 g/mol. The minimum Gasteiger partial charge on any atom is -0.465 e. The number of anilines is 1. The highest BCUT2D eigenvalue weighted by molar-refractivity contribution is 7.99. The van der Waals surface area contributed by atoms with Crippen LogP contribution in [-0.2, 0) is 17.7 Å². The first-order chi connectivity index (χ1) is 13.4. The van der Waals surface area contributed by atoms with Gasteiger partial charge >= 0.3 is 5.97 Å². The molecule has 1 aromatic carbocycles. The van der Waals surface area contributed by atoms with Gasteiger partial charge in [0.2, 0.25) is 0 Å². The smallest absolute Gasteiger partial charge is 0.341 e. The van der Waals surface area contributed by atoms with Gasteiger partial charge in [0.1, 0.15) is 5.00 Å². The topological polar surface area (TPSA) is 58.6 Å². The van der Waals surface area contributed by atoms with Crippen molar-refractivity contribution in [3.8, 4) is 0 Å². The molecule has 7 heteroatoms. The number of methoxy groups -OCH3 is 1. The number of amides is 1. The molecule has 2 aromatic rings. The lowest BCUT2D eigenvalue weighted by Crippen LogP contribution is -2.35. The number of thioether (sulfide) groups is 1. The Balaban J connectivity index is 1.90. The van der Waals surface area contributed by atoms with Crippen LogP contribution in [0.2, 0.25) is 0 Å². The van der Waals surface area contributed by atoms with Crippen molar-refractivity contribution < 1.29 is 14.3 Å². The summed E-state index contributed by atoms with van der Waals surface area (Å²) in [5.74, 6) is 0.353. The molecule has 5 nitrogen and oxygen atoms in total. The van der Waals surface area contributed by atoms with Crippen LogP contribution in [0, 0.1) is 0 Å². The van der Waals surface area contributed by atoms with Crippen molar-refractivity contribution in [3.63, 3.8) is 0 Å². The fourth-order valence-electron chi connectivity index (χ4n) is 3.34. The van der Waals surface area contributed by atoms with Crippen LogP contribution in [0.15, 0.2) is 29.2 Å². The van der Waals surface area contributed by atoms with Gasteiger partial charge in [-0.05, 0) is 49.8 Å². The van der Waals surface area contributed by atoms with Crippen molar-refractivity contribution in [2.75, 3.05) is 24.7 Å². The molecular formula is C21H26N2O3S2. The summed E-state index contributed by atoms with van der Waals surface area (Å²) in [6, 6.07) is 7.99. The van der Waals surface area contributed by atoms with Gasteiger partial charge in [0, 0.05) is 34.5 Å². The Bertz CT molecular complexity index is 877. The standard InChI is InChI=1S/C21H26N2O3S2/c1-5-27-15-8-6-7-14(11-15)19(24)22-20-18(21(25)26-4)16-9-10-23(13(2)3)12-17(16)28-20/h6-8,11,13H,5,9-10,12H2,1-4H3,(H,22,24). The zero-order valence-corrected chi connectivity index (χ0v) is 18.3. The van der Waals surface area contributed by atoms with Crippen LogP contribution in [-0.4, -0.2) is 42.2 Å². The zero-order chi connectivity index (χ0) is 20.3. The van der Waals surface area contributed by atoms with E-state index in [-0.39, 0.29) is 11.9 Å². The van der Waals surface area contributed by atoms with Crippen molar-refractivity contribution in [1.29, 1.82) is 0 Å². The molecule has 1 aliphatic rings. The van der Waals surface area contributed by atoms with Gasteiger partial charge in [-0.15, -0.1) is 23.1 Å². The molecule has 0 atom stereocenters. The maximum absolute atomic E-state index is 12.8. The fraction of sp³-hybridized carbons (Fsp3) is 0.429. The second-order valence-electron chi connectivity index (χ2n) is 6.93. The number of nitrogens with one attached hydrogen (secondary N) is 1. The van der Waals surface area contributed by atoms with E-state index in [9.17, 15) is 9.59 Å². The number of carbonyl (C=O) groups is 2. The number of nitrogens with zero attached hydrogens (tertiary/aromatic N) is 1. The molecule has 0 aliphatic carbocycles. The van der Waals surface area contributed by atoms with Crippen LogP contribution in [0.25, 0.3) is 0 Å². The van der Waals surface area contributed by atoms with E-state index >= 15 is 0 Å². The summed E-state index contributed by atoms with van der Waals surface area (Å²) in [5, 5.41) is 3.55. The van der Waals surface area contributed by atoms with Crippen molar-refractivity contribution in [1.82, 2.24) is 4.90 Å². The Morgan fingerprint density at radius 3 is 2.82 bits per heavy atom. The Kier molecular flexibility index (Phi) is 6.80. The molecule has 3 rings (SSSR count). The van der Waals surface area contributed by atoms with Crippen molar-refractivity contribution in [2.45, 2.75) is 44.7 Å². The van der Waals surface area contributed by atoms with E-state index < -0.39 is 0 Å². The lowest BCUT2D eigenvalue weighted by atomic mass is 10.0. The van der Waals surface area contributed by atoms with Crippen LogP contribution < -0.4 is 5.32 Å². The molecule has 0 bridgehead atoms. The number of hydrogen-bond donors (Lipinski definition) is 1. The average Bonchev–Trinajstić information content (AvgIpc) is 3.04. The molecule has 2 heterocycles. The largest absolute Gasteiger partial charge is 0.465 e. The van der Waals surface area contributed by atoms with Gasteiger partial charge < -0.3 is 10.1 Å². The number of carbonyl (C=O) groups excluding carboxylic acids is 2. The number of thiophene rings is 1. The van der Waals surface area contributed by atoms with Crippen molar-refractivity contribution in [3.05, 3.63) is 45.8 Å². The highest BCUT2D eigenvalue weighted by atomic mass is 32.2. The summed E-state index contributed by atoms with van der Waals surface area (Å²) in [7, 11) is 1.38. The number of rotatable bonds is 6. The van der Waals surface area contributed by atoms with Gasteiger partial charge in [-0.25, -0.2) is 4.79 Å². The molecule has 0 unspecified atom stereocenters. The highest BCUT2D eigenvalue weighted by Gasteiger charge is 2.30. The molecule has 1 amide bonds. The van der Waals surface area contributed by atoms with Crippen molar-refractivity contribution >= 4 is 40.0 Å². The lowest BCUT2D eigenvalue weighted by molar-refractivity contribution is 0.0600. The maximum Gasteiger partial charge on any atom is 0.341 e. The molecule has 150 valence electrons. The summed E-state index contributed by atoms with van der Waals surface area (Å²) < 4.78 is 5.01. The van der Waals surface area contributed by atoms with Gasteiger partial charge in [0.05, 0.1) is 12.7 Å². The Hall–Kier alpha value is -1.83. The lowest BCUT2D eigenvalue weighted by Gasteiger charge is -2.30. The van der Waals surface area contributed by atoms with Crippen LogP contribution in [0.5, 0.6) is 0 Å². The zero-order valence-electron chi connectivity index (χ0n) is 16.7. The maximum atomic E-state index is 12.8. The molecule has 28 heavy (non-hydrogen) atoms. The minimum atomic E-state index is -0.388. The van der Waals surface area contributed by atoms with Crippen LogP contribution in [0.4, 0.5) is 5.00 Å². The molecule has 0 radical (unpaired) electrons. The van der Waals surface area contributed by atoms with E-state index in [1.54, 1.807) is 17.8 Å². The van der Waals surface area contributed by atoms with Crippen LogP contribution in [0.1, 0.15) is 51.9 Å². The van der Waals surface area contributed by atoms with E-state index in [2.05, 4.69) is 31.0 Å². The third kappa shape index (κ3) is 4.42. The predicted molar refractivity (Wildman–Crippen MR) is 116 cm³/mol. The summed E-state index contributed by atoms with van der Waals surface area (Å²) in [6.07, 6.45) is 0.785. The van der Waals surface area contributed by atoms with Crippen LogP contribution >= 0.6 is 23.1 Å². The monoisotopic (exact) mass is 418 g/mol. The summed E-state index contributed by atoms with van der Waals surface area (Å²) in [6.45, 7) is 8.11. The van der Waals surface area contributed by atoms with Gasteiger partial charge in [0.15, 0.2) is 0 Å². The number of esters is 1. The molecular weight excluding hydrogens is 392 g/mol. The van der Waals surface area contributed by atoms with E-state index in [1.165, 1.54) is 18.4 Å². The highest BCUT2D eigenvalue weighted by Crippen LogP contribution is 2.38. The third-order valence-corrected chi connectivity index (χ3v) is 6.85. The fourth-order valence-corrected chi connectivity index (χ4v) is 5.31. The van der Waals surface area contributed by atoms with Gasteiger partial charge in [-0.1, -0.05) is 13.0 Å². The molecule has 1 aromatic heterocycles. The molecule has 1 aliphatic heterocycles. The normalized spacial score (nSPS) is 14.0. The predicted octanol–water partition coefficient (Wildman–Crippen LogP) is 4.67. The summed E-state index contributed by atoms with van der Waals surface area (Å²) >= 11 is 3.18. The van der Waals surface area contributed by atoms with Gasteiger partial charge in [-0.2, -0.15) is 0 Å². The number of fused-ring (bicyclic) bond motifs is 1. The quantitative estimate of drug-likeness (QED) is 0.546. The third-order valence-electron chi connectivity index (χ3n) is 4.84. The Morgan fingerprint density at radius 1 is 1.36 bits per heavy atom. The van der Waals surface area contributed by atoms with Crippen LogP contribution in [0.3, 0.4) is 0 Å². The number of ether oxygens (including phenoxy) is 1. The number of hydrogen-bond acceptors (Lipinski definition) is 6. The first kappa shape index (κ1) is 20.9. The Morgan fingerprint density at radius 2 is 2.14 bits per heavy atom. The van der Waals surface area contributed by atoms with Crippen molar-refractivity contribution in [2.24, 2.45) is 0 Å². The Labute approximate surface area is 174 Å².